The van der Waals surface area contributed by atoms with Crippen LogP contribution < -0.4 is 5.32 Å². The lowest BCUT2D eigenvalue weighted by Gasteiger charge is -2.17. The molecule has 20 heavy (non-hydrogen) atoms. The summed E-state index contributed by atoms with van der Waals surface area (Å²) in [4.78, 5) is 11.7. The Bertz CT molecular complexity index is 409. The lowest BCUT2D eigenvalue weighted by molar-refractivity contribution is -0.118. The first-order chi connectivity index (χ1) is 9.40. The average Bonchev–Trinajstić information content (AvgIpc) is 2.38. The molecule has 0 saturated carbocycles. The largest absolute Gasteiger partial charge is 0.392 e. The summed E-state index contributed by atoms with van der Waals surface area (Å²) in [6.45, 7) is 7.33. The minimum absolute atomic E-state index is 0.0730. The van der Waals surface area contributed by atoms with Crippen molar-refractivity contribution in [1.29, 1.82) is 0 Å². The quantitative estimate of drug-likeness (QED) is 0.813. The number of amides is 1. The maximum absolute atomic E-state index is 11.7. The zero-order valence-electron chi connectivity index (χ0n) is 12.6. The maximum atomic E-state index is 11.7. The third kappa shape index (κ3) is 7.56. The molecule has 2 N–H and O–H groups in total. The molecule has 0 bridgehead atoms. The summed E-state index contributed by atoms with van der Waals surface area (Å²) in [5, 5.41) is 11.9. The van der Waals surface area contributed by atoms with Crippen LogP contribution in [0.5, 0.6) is 0 Å². The van der Waals surface area contributed by atoms with Crippen LogP contribution in [0.15, 0.2) is 24.3 Å². The van der Waals surface area contributed by atoms with Crippen LogP contribution in [0.3, 0.4) is 0 Å². The second-order valence-corrected chi connectivity index (χ2v) is 7.11. The maximum Gasteiger partial charge on any atom is 0.230 e. The lowest BCUT2D eigenvalue weighted by atomic mass is 9.92. The first-order valence-corrected chi connectivity index (χ1v) is 8.09. The van der Waals surface area contributed by atoms with E-state index in [-0.39, 0.29) is 17.9 Å². The van der Waals surface area contributed by atoms with Crippen molar-refractivity contribution in [2.45, 2.75) is 39.6 Å². The number of hydrogen-bond donors (Lipinski definition) is 2. The highest BCUT2D eigenvalue weighted by molar-refractivity contribution is 7.99. The summed E-state index contributed by atoms with van der Waals surface area (Å²) in [7, 11) is 0. The van der Waals surface area contributed by atoms with Crippen molar-refractivity contribution in [2.24, 2.45) is 5.41 Å². The SMILES string of the molecule is CC(C)(C)CCNC(=O)CSCc1ccc(CO)cc1. The van der Waals surface area contributed by atoms with Crippen molar-refractivity contribution in [3.05, 3.63) is 35.4 Å². The van der Waals surface area contributed by atoms with E-state index >= 15 is 0 Å². The van der Waals surface area contributed by atoms with Crippen LogP contribution in [0.2, 0.25) is 0 Å². The molecule has 0 unspecified atom stereocenters. The van der Waals surface area contributed by atoms with Crippen LogP contribution >= 0.6 is 11.8 Å². The summed E-state index contributed by atoms with van der Waals surface area (Å²) < 4.78 is 0. The molecule has 3 nitrogen and oxygen atoms in total. The Morgan fingerprint density at radius 1 is 1.20 bits per heavy atom. The molecule has 0 aliphatic heterocycles. The monoisotopic (exact) mass is 295 g/mol. The Kier molecular flexibility index (Phi) is 7.10. The summed E-state index contributed by atoms with van der Waals surface area (Å²) in [6, 6.07) is 7.82. The van der Waals surface area contributed by atoms with E-state index < -0.39 is 0 Å². The van der Waals surface area contributed by atoms with Crippen LogP contribution in [-0.2, 0) is 17.2 Å². The number of carbonyl (C=O) groups excluding carboxylic acids is 1. The lowest BCUT2D eigenvalue weighted by Crippen LogP contribution is -2.28. The van der Waals surface area contributed by atoms with Gasteiger partial charge in [0.05, 0.1) is 12.4 Å². The average molecular weight is 295 g/mol. The minimum Gasteiger partial charge on any atom is -0.392 e. The van der Waals surface area contributed by atoms with Gasteiger partial charge in [-0.3, -0.25) is 4.79 Å². The topological polar surface area (TPSA) is 49.3 Å². The molecule has 112 valence electrons. The summed E-state index contributed by atoms with van der Waals surface area (Å²) in [5.41, 5.74) is 2.35. The minimum atomic E-state index is 0.0730. The third-order valence-electron chi connectivity index (χ3n) is 2.90. The fourth-order valence-electron chi connectivity index (χ4n) is 1.63. The van der Waals surface area contributed by atoms with Gasteiger partial charge in [-0.1, -0.05) is 45.0 Å². The van der Waals surface area contributed by atoms with Crippen LogP contribution in [-0.4, -0.2) is 23.3 Å². The molecule has 0 aliphatic carbocycles. The third-order valence-corrected chi connectivity index (χ3v) is 3.91. The number of nitrogens with one attached hydrogen (secondary N) is 1. The molecule has 0 atom stereocenters. The van der Waals surface area contributed by atoms with Crippen molar-refractivity contribution >= 4 is 17.7 Å². The van der Waals surface area contributed by atoms with Crippen molar-refractivity contribution < 1.29 is 9.90 Å². The molecule has 0 aliphatic rings. The number of thioether (sulfide) groups is 1. The van der Waals surface area contributed by atoms with E-state index in [1.165, 1.54) is 5.56 Å². The van der Waals surface area contributed by atoms with Crippen molar-refractivity contribution in [1.82, 2.24) is 5.32 Å². The number of rotatable bonds is 7. The first-order valence-electron chi connectivity index (χ1n) is 6.94. The van der Waals surface area contributed by atoms with E-state index in [9.17, 15) is 4.79 Å². The van der Waals surface area contributed by atoms with Gasteiger partial charge in [-0.25, -0.2) is 0 Å². The fraction of sp³-hybridized carbons (Fsp3) is 0.562. The zero-order valence-corrected chi connectivity index (χ0v) is 13.4. The molecule has 1 aromatic carbocycles. The smallest absolute Gasteiger partial charge is 0.230 e. The molecular formula is C16H25NO2S. The van der Waals surface area contributed by atoms with Crippen molar-refractivity contribution in [3.8, 4) is 0 Å². The summed E-state index contributed by atoms with van der Waals surface area (Å²) >= 11 is 1.61. The Morgan fingerprint density at radius 2 is 1.80 bits per heavy atom. The molecular weight excluding hydrogens is 270 g/mol. The van der Waals surface area contributed by atoms with E-state index in [4.69, 9.17) is 5.11 Å². The molecule has 0 radical (unpaired) electrons. The van der Waals surface area contributed by atoms with Gasteiger partial charge in [0, 0.05) is 12.3 Å². The molecule has 1 aromatic rings. The second kappa shape index (κ2) is 8.32. The van der Waals surface area contributed by atoms with Crippen molar-refractivity contribution in [3.63, 3.8) is 0 Å². The Hall–Kier alpha value is -1.00. The fourth-order valence-corrected chi connectivity index (χ4v) is 2.45. The van der Waals surface area contributed by atoms with Gasteiger partial charge < -0.3 is 10.4 Å². The van der Waals surface area contributed by atoms with Gasteiger partial charge in [-0.2, -0.15) is 0 Å². The second-order valence-electron chi connectivity index (χ2n) is 6.13. The molecule has 0 heterocycles. The van der Waals surface area contributed by atoms with Gasteiger partial charge in [0.15, 0.2) is 0 Å². The molecule has 4 heteroatoms. The molecule has 0 fully saturated rings. The van der Waals surface area contributed by atoms with Gasteiger partial charge >= 0.3 is 0 Å². The highest BCUT2D eigenvalue weighted by Gasteiger charge is 2.10. The molecule has 0 aromatic heterocycles. The van der Waals surface area contributed by atoms with E-state index in [0.717, 1.165) is 24.3 Å². The van der Waals surface area contributed by atoms with E-state index in [1.54, 1.807) is 11.8 Å². The number of aliphatic hydroxyl groups is 1. The first kappa shape index (κ1) is 17.1. The van der Waals surface area contributed by atoms with Crippen molar-refractivity contribution in [2.75, 3.05) is 12.3 Å². The van der Waals surface area contributed by atoms with Gasteiger partial charge in [0.2, 0.25) is 5.91 Å². The van der Waals surface area contributed by atoms with Gasteiger partial charge in [0.1, 0.15) is 0 Å². The number of carbonyl (C=O) groups is 1. The van der Waals surface area contributed by atoms with Gasteiger partial charge in [-0.05, 0) is 23.0 Å². The zero-order chi connectivity index (χ0) is 15.0. The van der Waals surface area contributed by atoms with Gasteiger partial charge in [0.25, 0.3) is 0 Å². The number of aliphatic hydroxyl groups excluding tert-OH is 1. The van der Waals surface area contributed by atoms with E-state index in [2.05, 4.69) is 26.1 Å². The Labute approximate surface area is 126 Å². The Balaban J connectivity index is 2.18. The van der Waals surface area contributed by atoms with E-state index in [1.807, 2.05) is 24.3 Å². The molecule has 1 amide bonds. The highest BCUT2D eigenvalue weighted by Crippen LogP contribution is 2.17. The predicted octanol–water partition coefficient (Wildman–Crippen LogP) is 2.96. The number of benzene rings is 1. The van der Waals surface area contributed by atoms with Gasteiger partial charge in [-0.15, -0.1) is 11.8 Å². The van der Waals surface area contributed by atoms with Crippen LogP contribution in [0.25, 0.3) is 0 Å². The molecule has 0 saturated heterocycles. The molecule has 1 rings (SSSR count). The molecule has 0 spiro atoms. The van der Waals surface area contributed by atoms with E-state index in [0.29, 0.717) is 5.75 Å². The summed E-state index contributed by atoms with van der Waals surface area (Å²) in [5.74, 6) is 1.41. The summed E-state index contributed by atoms with van der Waals surface area (Å²) in [6.07, 6.45) is 0.992. The highest BCUT2D eigenvalue weighted by atomic mass is 32.2. The normalized spacial score (nSPS) is 11.4. The Morgan fingerprint density at radius 3 is 2.35 bits per heavy atom. The number of hydrogen-bond acceptors (Lipinski definition) is 3. The predicted molar refractivity (Wildman–Crippen MR) is 85.6 cm³/mol. The van der Waals surface area contributed by atoms with Crippen LogP contribution in [0, 0.1) is 5.41 Å². The van der Waals surface area contributed by atoms with Crippen LogP contribution in [0.4, 0.5) is 0 Å². The van der Waals surface area contributed by atoms with Crippen LogP contribution in [0.1, 0.15) is 38.3 Å². The standard InChI is InChI=1S/C16H25NO2S/c1-16(2,3)8-9-17-15(19)12-20-11-14-6-4-13(10-18)5-7-14/h4-7,18H,8-12H2,1-3H3,(H,17,19).